The molecule has 0 radical (unpaired) electrons. The summed E-state index contributed by atoms with van der Waals surface area (Å²) in [6.07, 6.45) is 0.950. The van der Waals surface area contributed by atoms with E-state index in [1.807, 2.05) is 18.2 Å². The Morgan fingerprint density at radius 1 is 1.23 bits per heavy atom. The third kappa shape index (κ3) is 6.03. The highest BCUT2D eigenvalue weighted by Gasteiger charge is 2.16. The van der Waals surface area contributed by atoms with Crippen LogP contribution in [0.15, 0.2) is 30.3 Å². The van der Waals surface area contributed by atoms with Gasteiger partial charge in [0.25, 0.3) is 0 Å². The van der Waals surface area contributed by atoms with Gasteiger partial charge in [0.1, 0.15) is 0 Å². The van der Waals surface area contributed by atoms with Gasteiger partial charge in [-0.05, 0) is 12.0 Å². The van der Waals surface area contributed by atoms with E-state index in [1.165, 1.54) is 0 Å². The van der Waals surface area contributed by atoms with Gasteiger partial charge in [-0.1, -0.05) is 30.3 Å². The van der Waals surface area contributed by atoms with Crippen LogP contribution in [0.4, 0.5) is 4.79 Å². The van der Waals surface area contributed by atoms with E-state index in [4.69, 9.17) is 4.74 Å². The highest BCUT2D eigenvalue weighted by Crippen LogP contribution is 2.10. The third-order valence-electron chi connectivity index (χ3n) is 3.50. The lowest BCUT2D eigenvalue weighted by molar-refractivity contribution is 0.185. The van der Waals surface area contributed by atoms with Gasteiger partial charge in [-0.3, -0.25) is 0 Å². The molecule has 1 aliphatic heterocycles. The molecule has 1 atom stereocenters. The lowest BCUT2D eigenvalue weighted by Crippen LogP contribution is -2.40. The van der Waals surface area contributed by atoms with Gasteiger partial charge in [-0.15, -0.1) is 0 Å². The lowest BCUT2D eigenvalue weighted by atomic mass is 10.1. The van der Waals surface area contributed by atoms with E-state index < -0.39 is 9.84 Å². The topological polar surface area (TPSA) is 84.5 Å². The van der Waals surface area contributed by atoms with Gasteiger partial charge in [0.05, 0.1) is 18.1 Å². The molecule has 2 rings (SSSR count). The fourth-order valence-corrected chi connectivity index (χ4v) is 3.52. The highest BCUT2D eigenvalue weighted by atomic mass is 32.2. The molecule has 1 fully saturated rings. The van der Waals surface area contributed by atoms with Gasteiger partial charge >= 0.3 is 6.03 Å². The van der Waals surface area contributed by atoms with E-state index in [0.717, 1.165) is 18.6 Å². The number of sulfone groups is 1. The van der Waals surface area contributed by atoms with Crippen LogP contribution in [0.1, 0.15) is 12.0 Å². The lowest BCUT2D eigenvalue weighted by Gasteiger charge is -2.11. The molecule has 1 aliphatic rings. The zero-order chi connectivity index (χ0) is 15.8. The number of benzene rings is 1. The normalized spacial score (nSPS) is 18.1. The van der Waals surface area contributed by atoms with Gasteiger partial charge in [-0.25, -0.2) is 13.2 Å². The van der Waals surface area contributed by atoms with Crippen LogP contribution in [0, 0.1) is 5.92 Å². The maximum Gasteiger partial charge on any atom is 0.314 e. The summed E-state index contributed by atoms with van der Waals surface area (Å²) in [5.74, 6) is 0.283. The summed E-state index contributed by atoms with van der Waals surface area (Å²) in [5, 5.41) is 5.31. The van der Waals surface area contributed by atoms with E-state index in [0.29, 0.717) is 19.1 Å². The fraction of sp³-hybridized carbons (Fsp3) is 0.533. The molecule has 0 spiro atoms. The monoisotopic (exact) mass is 326 g/mol. The Bertz CT molecular complexity index is 568. The Morgan fingerprint density at radius 2 is 2.00 bits per heavy atom. The number of amides is 2. The van der Waals surface area contributed by atoms with Crippen LogP contribution in [0.3, 0.4) is 0 Å². The molecule has 0 bridgehead atoms. The largest absolute Gasteiger partial charge is 0.381 e. The zero-order valence-corrected chi connectivity index (χ0v) is 13.3. The Morgan fingerprint density at radius 3 is 2.68 bits per heavy atom. The third-order valence-corrected chi connectivity index (χ3v) is 5.10. The van der Waals surface area contributed by atoms with Crippen molar-refractivity contribution in [1.29, 1.82) is 0 Å². The number of rotatable bonds is 7. The summed E-state index contributed by atoms with van der Waals surface area (Å²) in [4.78, 5) is 11.6. The van der Waals surface area contributed by atoms with Crippen molar-refractivity contribution in [3.05, 3.63) is 35.9 Å². The number of carbonyl (C=O) groups is 1. The van der Waals surface area contributed by atoms with Gasteiger partial charge in [-0.2, -0.15) is 0 Å². The fourth-order valence-electron chi connectivity index (χ4n) is 2.26. The predicted molar refractivity (Wildman–Crippen MR) is 84.3 cm³/mol. The minimum Gasteiger partial charge on any atom is -0.381 e. The van der Waals surface area contributed by atoms with Gasteiger partial charge < -0.3 is 15.4 Å². The smallest absolute Gasteiger partial charge is 0.314 e. The van der Waals surface area contributed by atoms with E-state index in [2.05, 4.69) is 10.6 Å². The Hall–Kier alpha value is -1.60. The van der Waals surface area contributed by atoms with Crippen molar-refractivity contribution in [3.63, 3.8) is 0 Å². The molecule has 22 heavy (non-hydrogen) atoms. The molecule has 0 aliphatic carbocycles. The van der Waals surface area contributed by atoms with Crippen LogP contribution in [0.2, 0.25) is 0 Å². The molecule has 1 heterocycles. The maximum atomic E-state index is 12.0. The number of carbonyl (C=O) groups excluding carboxylic acids is 1. The molecule has 0 unspecified atom stereocenters. The van der Waals surface area contributed by atoms with E-state index >= 15 is 0 Å². The summed E-state index contributed by atoms with van der Waals surface area (Å²) in [6.45, 7) is 2.09. The SMILES string of the molecule is O=C(NCCS(=O)(=O)Cc1ccccc1)NC[C@H]1CCOC1. The van der Waals surface area contributed by atoms with Crippen LogP contribution in [0.5, 0.6) is 0 Å². The van der Waals surface area contributed by atoms with Crippen LogP contribution in [-0.4, -0.2) is 46.5 Å². The molecule has 2 N–H and O–H groups in total. The molecule has 122 valence electrons. The van der Waals surface area contributed by atoms with Crippen LogP contribution in [0.25, 0.3) is 0 Å². The second-order valence-corrected chi connectivity index (χ2v) is 7.63. The van der Waals surface area contributed by atoms with Crippen LogP contribution in [-0.2, 0) is 20.3 Å². The van der Waals surface area contributed by atoms with Gasteiger partial charge in [0.2, 0.25) is 0 Å². The Balaban J connectivity index is 1.65. The average Bonchev–Trinajstić information content (AvgIpc) is 2.99. The summed E-state index contributed by atoms with van der Waals surface area (Å²) in [6, 6.07) is 8.69. The number of nitrogens with one attached hydrogen (secondary N) is 2. The van der Waals surface area contributed by atoms with Crippen molar-refractivity contribution in [2.75, 3.05) is 32.1 Å². The summed E-state index contributed by atoms with van der Waals surface area (Å²) in [5.41, 5.74) is 0.758. The number of urea groups is 1. The van der Waals surface area contributed by atoms with Crippen molar-refractivity contribution in [3.8, 4) is 0 Å². The maximum absolute atomic E-state index is 12.0. The molecule has 6 nitrogen and oxygen atoms in total. The molecule has 0 saturated carbocycles. The first-order valence-electron chi connectivity index (χ1n) is 7.39. The second kappa shape index (κ2) is 8.14. The van der Waals surface area contributed by atoms with Gasteiger partial charge in [0.15, 0.2) is 9.84 Å². The quantitative estimate of drug-likeness (QED) is 0.781. The molecule has 1 saturated heterocycles. The Labute approximate surface area is 131 Å². The molecule has 0 aromatic heterocycles. The average molecular weight is 326 g/mol. The number of hydrogen-bond acceptors (Lipinski definition) is 4. The molecular weight excluding hydrogens is 304 g/mol. The van der Waals surface area contributed by atoms with Gasteiger partial charge in [0, 0.05) is 25.6 Å². The van der Waals surface area contributed by atoms with Crippen molar-refractivity contribution in [1.82, 2.24) is 10.6 Å². The zero-order valence-electron chi connectivity index (χ0n) is 12.5. The minimum absolute atomic E-state index is 0.00342. The highest BCUT2D eigenvalue weighted by molar-refractivity contribution is 7.90. The second-order valence-electron chi connectivity index (χ2n) is 5.44. The van der Waals surface area contributed by atoms with Crippen molar-refractivity contribution in [2.24, 2.45) is 5.92 Å². The number of hydrogen-bond donors (Lipinski definition) is 2. The Kier molecular flexibility index (Phi) is 6.21. The number of ether oxygens (including phenoxy) is 1. The van der Waals surface area contributed by atoms with Crippen LogP contribution < -0.4 is 10.6 Å². The summed E-state index contributed by atoms with van der Waals surface area (Å²) < 4.78 is 29.1. The minimum atomic E-state index is -3.22. The summed E-state index contributed by atoms with van der Waals surface area (Å²) >= 11 is 0. The van der Waals surface area contributed by atoms with E-state index in [1.54, 1.807) is 12.1 Å². The van der Waals surface area contributed by atoms with Crippen LogP contribution >= 0.6 is 0 Å². The summed E-state index contributed by atoms with van der Waals surface area (Å²) in [7, 11) is -3.22. The first kappa shape index (κ1) is 16.8. The molecule has 1 aromatic rings. The van der Waals surface area contributed by atoms with E-state index in [9.17, 15) is 13.2 Å². The molecular formula is C15H22N2O4S. The molecule has 2 amide bonds. The predicted octanol–water partition coefficient (Wildman–Crippen LogP) is 0.937. The first-order chi connectivity index (χ1) is 10.6. The van der Waals surface area contributed by atoms with E-state index in [-0.39, 0.29) is 24.1 Å². The molecule has 1 aromatic carbocycles. The first-order valence-corrected chi connectivity index (χ1v) is 9.21. The molecule has 7 heteroatoms. The van der Waals surface area contributed by atoms with Crippen molar-refractivity contribution < 1.29 is 17.9 Å². The standard InChI is InChI=1S/C15H22N2O4S/c18-15(17-10-14-6-8-21-11-14)16-7-9-22(19,20)12-13-4-2-1-3-5-13/h1-5,14H,6-12H2,(H2,16,17,18)/t14-/m1/s1. The van der Waals surface area contributed by atoms with Crippen molar-refractivity contribution >= 4 is 15.9 Å². The van der Waals surface area contributed by atoms with Crippen molar-refractivity contribution in [2.45, 2.75) is 12.2 Å².